The second-order valence-electron chi connectivity index (χ2n) is 5.29. The molecule has 0 unspecified atom stereocenters. The molecule has 1 atom stereocenters. The summed E-state index contributed by atoms with van der Waals surface area (Å²) in [5, 5.41) is 0. The summed E-state index contributed by atoms with van der Waals surface area (Å²) in [6.07, 6.45) is 8.90. The molecule has 22 heavy (non-hydrogen) atoms. The first-order chi connectivity index (χ1) is 10.8. The third kappa shape index (κ3) is 3.78. The standard InChI is InChI=1S/C16H18N4O2/c21-15(10-13-4-1-6-17-11-13)20-9-2-5-14(12-20)22-16-18-7-3-8-19-16/h1,3-4,6-8,11,14H,2,5,9-10,12H2/t14-/m0/s1. The number of rotatable bonds is 4. The van der Waals surface area contributed by atoms with Crippen molar-refractivity contribution in [2.75, 3.05) is 13.1 Å². The van der Waals surface area contributed by atoms with E-state index in [-0.39, 0.29) is 12.0 Å². The highest BCUT2D eigenvalue weighted by molar-refractivity contribution is 5.78. The fourth-order valence-electron chi connectivity index (χ4n) is 2.55. The van der Waals surface area contributed by atoms with Gasteiger partial charge in [0.2, 0.25) is 5.91 Å². The molecule has 0 aromatic carbocycles. The van der Waals surface area contributed by atoms with Gasteiger partial charge in [-0.3, -0.25) is 9.78 Å². The maximum atomic E-state index is 12.4. The largest absolute Gasteiger partial charge is 0.458 e. The number of likely N-dealkylation sites (tertiary alicyclic amines) is 1. The van der Waals surface area contributed by atoms with Crippen LogP contribution in [0.15, 0.2) is 43.0 Å². The smallest absolute Gasteiger partial charge is 0.316 e. The lowest BCUT2D eigenvalue weighted by molar-refractivity contribution is -0.133. The molecule has 1 saturated heterocycles. The van der Waals surface area contributed by atoms with Crippen LogP contribution in [0.4, 0.5) is 0 Å². The molecule has 2 aromatic rings. The van der Waals surface area contributed by atoms with Crippen molar-refractivity contribution in [2.24, 2.45) is 0 Å². The summed E-state index contributed by atoms with van der Waals surface area (Å²) < 4.78 is 5.76. The highest BCUT2D eigenvalue weighted by Crippen LogP contribution is 2.16. The van der Waals surface area contributed by atoms with Crippen molar-refractivity contribution in [3.05, 3.63) is 48.5 Å². The Morgan fingerprint density at radius 1 is 1.27 bits per heavy atom. The summed E-state index contributed by atoms with van der Waals surface area (Å²) in [5.41, 5.74) is 0.932. The highest BCUT2D eigenvalue weighted by atomic mass is 16.5. The van der Waals surface area contributed by atoms with Crippen LogP contribution in [-0.4, -0.2) is 45.0 Å². The number of hydrogen-bond acceptors (Lipinski definition) is 5. The molecule has 3 heterocycles. The molecule has 6 heteroatoms. The fourth-order valence-corrected chi connectivity index (χ4v) is 2.55. The monoisotopic (exact) mass is 298 g/mol. The molecular formula is C16H18N4O2. The van der Waals surface area contributed by atoms with Gasteiger partial charge in [0, 0.05) is 31.3 Å². The zero-order valence-electron chi connectivity index (χ0n) is 12.3. The lowest BCUT2D eigenvalue weighted by Gasteiger charge is -2.32. The first kappa shape index (κ1) is 14.4. The average molecular weight is 298 g/mol. The number of nitrogens with zero attached hydrogens (tertiary/aromatic N) is 4. The van der Waals surface area contributed by atoms with Gasteiger partial charge in [0.15, 0.2) is 0 Å². The number of amides is 1. The van der Waals surface area contributed by atoms with E-state index in [0.717, 1.165) is 24.9 Å². The van der Waals surface area contributed by atoms with Crippen LogP contribution in [0.5, 0.6) is 6.01 Å². The van der Waals surface area contributed by atoms with Gasteiger partial charge in [-0.1, -0.05) is 6.07 Å². The molecule has 0 radical (unpaired) electrons. The highest BCUT2D eigenvalue weighted by Gasteiger charge is 2.25. The average Bonchev–Trinajstić information content (AvgIpc) is 2.57. The van der Waals surface area contributed by atoms with Gasteiger partial charge in [0.1, 0.15) is 6.10 Å². The maximum absolute atomic E-state index is 12.4. The maximum Gasteiger partial charge on any atom is 0.316 e. The quantitative estimate of drug-likeness (QED) is 0.855. The predicted molar refractivity (Wildman–Crippen MR) is 80.2 cm³/mol. The number of carbonyl (C=O) groups excluding carboxylic acids is 1. The van der Waals surface area contributed by atoms with Gasteiger partial charge in [-0.25, -0.2) is 9.97 Å². The van der Waals surface area contributed by atoms with Crippen molar-refractivity contribution in [3.8, 4) is 6.01 Å². The Morgan fingerprint density at radius 2 is 2.14 bits per heavy atom. The second-order valence-corrected chi connectivity index (χ2v) is 5.29. The molecule has 0 aliphatic carbocycles. The van der Waals surface area contributed by atoms with Gasteiger partial charge in [0.25, 0.3) is 0 Å². The number of carbonyl (C=O) groups is 1. The molecule has 0 bridgehead atoms. The SMILES string of the molecule is O=C(Cc1cccnc1)N1CCC[C@H](Oc2ncccn2)C1. The summed E-state index contributed by atoms with van der Waals surface area (Å²) in [6, 6.07) is 5.88. The second kappa shape index (κ2) is 6.98. The van der Waals surface area contributed by atoms with E-state index in [0.29, 0.717) is 19.0 Å². The number of pyridine rings is 1. The summed E-state index contributed by atoms with van der Waals surface area (Å²) >= 11 is 0. The number of piperidine rings is 1. The van der Waals surface area contributed by atoms with E-state index in [1.807, 2.05) is 17.0 Å². The molecular weight excluding hydrogens is 280 g/mol. The Bertz CT molecular complexity index is 606. The minimum atomic E-state index is -0.0472. The van der Waals surface area contributed by atoms with Crippen LogP contribution in [0.25, 0.3) is 0 Å². The third-order valence-corrected chi connectivity index (χ3v) is 3.62. The van der Waals surface area contributed by atoms with E-state index in [2.05, 4.69) is 15.0 Å². The van der Waals surface area contributed by atoms with Gasteiger partial charge < -0.3 is 9.64 Å². The summed E-state index contributed by atoms with van der Waals surface area (Å²) in [7, 11) is 0. The van der Waals surface area contributed by atoms with Crippen LogP contribution < -0.4 is 4.74 Å². The Balaban J connectivity index is 1.57. The van der Waals surface area contributed by atoms with Crippen LogP contribution >= 0.6 is 0 Å². The van der Waals surface area contributed by atoms with Gasteiger partial charge in [-0.15, -0.1) is 0 Å². The molecule has 6 nitrogen and oxygen atoms in total. The minimum absolute atomic E-state index is 0.0472. The third-order valence-electron chi connectivity index (χ3n) is 3.62. The van der Waals surface area contributed by atoms with Crippen molar-refractivity contribution < 1.29 is 9.53 Å². The number of aromatic nitrogens is 3. The summed E-state index contributed by atoms with van der Waals surface area (Å²) in [6.45, 7) is 1.35. The van der Waals surface area contributed by atoms with E-state index in [1.54, 1.807) is 30.9 Å². The normalized spacial score (nSPS) is 18.0. The van der Waals surface area contributed by atoms with E-state index in [9.17, 15) is 4.79 Å². The van der Waals surface area contributed by atoms with E-state index in [4.69, 9.17) is 4.74 Å². The Kier molecular flexibility index (Phi) is 4.58. The Morgan fingerprint density at radius 3 is 2.91 bits per heavy atom. The van der Waals surface area contributed by atoms with Crippen molar-refractivity contribution >= 4 is 5.91 Å². The molecule has 0 N–H and O–H groups in total. The van der Waals surface area contributed by atoms with Crippen molar-refractivity contribution in [2.45, 2.75) is 25.4 Å². The minimum Gasteiger partial charge on any atom is -0.458 e. The van der Waals surface area contributed by atoms with Crippen molar-refractivity contribution in [1.29, 1.82) is 0 Å². The van der Waals surface area contributed by atoms with Crippen molar-refractivity contribution in [1.82, 2.24) is 19.9 Å². The fraction of sp³-hybridized carbons (Fsp3) is 0.375. The van der Waals surface area contributed by atoms with E-state index in [1.165, 1.54) is 0 Å². The van der Waals surface area contributed by atoms with Crippen LogP contribution in [0, 0.1) is 0 Å². The topological polar surface area (TPSA) is 68.2 Å². The summed E-state index contributed by atoms with van der Waals surface area (Å²) in [5.74, 6) is 0.107. The van der Waals surface area contributed by atoms with Crippen LogP contribution in [-0.2, 0) is 11.2 Å². The Hall–Kier alpha value is -2.50. The van der Waals surface area contributed by atoms with Crippen LogP contribution in [0.3, 0.4) is 0 Å². The van der Waals surface area contributed by atoms with E-state index < -0.39 is 0 Å². The van der Waals surface area contributed by atoms with E-state index >= 15 is 0 Å². The molecule has 1 aliphatic rings. The van der Waals surface area contributed by atoms with Crippen LogP contribution in [0.2, 0.25) is 0 Å². The van der Waals surface area contributed by atoms with Crippen LogP contribution in [0.1, 0.15) is 18.4 Å². The molecule has 2 aromatic heterocycles. The van der Waals surface area contributed by atoms with Gasteiger partial charge in [-0.2, -0.15) is 0 Å². The zero-order valence-corrected chi connectivity index (χ0v) is 12.3. The molecule has 1 fully saturated rings. The Labute approximate surface area is 129 Å². The first-order valence-electron chi connectivity index (χ1n) is 7.41. The number of ether oxygens (including phenoxy) is 1. The van der Waals surface area contributed by atoms with Crippen molar-refractivity contribution in [3.63, 3.8) is 0 Å². The van der Waals surface area contributed by atoms with Gasteiger partial charge in [0.05, 0.1) is 13.0 Å². The predicted octanol–water partition coefficient (Wildman–Crippen LogP) is 1.48. The van der Waals surface area contributed by atoms with Gasteiger partial charge in [-0.05, 0) is 30.5 Å². The first-order valence-corrected chi connectivity index (χ1v) is 7.41. The van der Waals surface area contributed by atoms with Gasteiger partial charge >= 0.3 is 6.01 Å². The molecule has 3 rings (SSSR count). The lowest BCUT2D eigenvalue weighted by Crippen LogP contribution is -2.45. The molecule has 1 aliphatic heterocycles. The number of hydrogen-bond donors (Lipinski definition) is 0. The molecule has 0 saturated carbocycles. The molecule has 114 valence electrons. The lowest BCUT2D eigenvalue weighted by atomic mass is 10.1. The zero-order chi connectivity index (χ0) is 15.2. The summed E-state index contributed by atoms with van der Waals surface area (Å²) in [4.78, 5) is 26.4. The molecule has 0 spiro atoms. The molecule has 1 amide bonds.